The lowest BCUT2D eigenvalue weighted by Gasteiger charge is -2.13. The van der Waals surface area contributed by atoms with Gasteiger partial charge in [-0.3, -0.25) is 25.0 Å². The molecule has 2 aromatic carbocycles. The van der Waals surface area contributed by atoms with Crippen LogP contribution in [0.25, 0.3) is 0 Å². The van der Waals surface area contributed by atoms with Crippen LogP contribution in [0.2, 0.25) is 0 Å². The number of anilines is 2. The minimum Gasteiger partial charge on any atom is -0.325 e. The van der Waals surface area contributed by atoms with Gasteiger partial charge in [0.25, 0.3) is 11.6 Å². The standard InChI is InChI=1S/C19H14F3N5O4S2/c1-10-6-7-11(8-14(10)27(30)31)16(29)24-17-25-26-18(33-17)32-9-15(28)23-13-5-3-2-4-12(13)19(20,21)22/h2-8H,9H2,1H3,(H,23,28)(H,24,25,29). The Morgan fingerprint density at radius 3 is 2.58 bits per heavy atom. The summed E-state index contributed by atoms with van der Waals surface area (Å²) in [4.78, 5) is 34.9. The molecule has 33 heavy (non-hydrogen) atoms. The monoisotopic (exact) mass is 497 g/mol. The van der Waals surface area contributed by atoms with E-state index >= 15 is 0 Å². The molecule has 0 bridgehead atoms. The molecule has 14 heteroatoms. The summed E-state index contributed by atoms with van der Waals surface area (Å²) in [6, 6.07) is 8.63. The predicted octanol–water partition coefficient (Wildman–Crippen LogP) is 4.76. The topological polar surface area (TPSA) is 127 Å². The van der Waals surface area contributed by atoms with E-state index in [-0.39, 0.29) is 27.8 Å². The number of rotatable bonds is 7. The van der Waals surface area contributed by atoms with Crippen LogP contribution in [0, 0.1) is 17.0 Å². The summed E-state index contributed by atoms with van der Waals surface area (Å²) in [6.45, 7) is 1.55. The number of nitrogens with one attached hydrogen (secondary N) is 2. The van der Waals surface area contributed by atoms with E-state index in [4.69, 9.17) is 0 Å². The molecule has 1 heterocycles. The molecule has 0 atom stereocenters. The highest BCUT2D eigenvalue weighted by Crippen LogP contribution is 2.35. The van der Waals surface area contributed by atoms with E-state index in [0.717, 1.165) is 41.3 Å². The van der Waals surface area contributed by atoms with Crippen molar-refractivity contribution in [3.63, 3.8) is 0 Å². The van der Waals surface area contributed by atoms with Crippen LogP contribution in [-0.4, -0.2) is 32.7 Å². The predicted molar refractivity (Wildman–Crippen MR) is 116 cm³/mol. The van der Waals surface area contributed by atoms with Crippen molar-refractivity contribution in [3.8, 4) is 0 Å². The van der Waals surface area contributed by atoms with Gasteiger partial charge in [0.05, 0.1) is 21.9 Å². The first-order chi connectivity index (χ1) is 15.5. The Morgan fingerprint density at radius 1 is 1.15 bits per heavy atom. The summed E-state index contributed by atoms with van der Waals surface area (Å²) < 4.78 is 39.3. The molecule has 0 saturated heterocycles. The second kappa shape index (κ2) is 9.95. The van der Waals surface area contributed by atoms with Crippen molar-refractivity contribution in [1.82, 2.24) is 10.2 Å². The van der Waals surface area contributed by atoms with Gasteiger partial charge in [0, 0.05) is 17.2 Å². The first-order valence-corrected chi connectivity index (χ1v) is 10.8. The third-order valence-electron chi connectivity index (χ3n) is 4.13. The van der Waals surface area contributed by atoms with Crippen molar-refractivity contribution < 1.29 is 27.7 Å². The largest absolute Gasteiger partial charge is 0.418 e. The normalized spacial score (nSPS) is 11.2. The molecule has 0 aliphatic heterocycles. The maximum absolute atomic E-state index is 13.0. The van der Waals surface area contributed by atoms with E-state index in [1.54, 1.807) is 6.92 Å². The Morgan fingerprint density at radius 2 is 1.88 bits per heavy atom. The number of amides is 2. The van der Waals surface area contributed by atoms with Crippen molar-refractivity contribution >= 4 is 51.4 Å². The molecule has 9 nitrogen and oxygen atoms in total. The quantitative estimate of drug-likeness (QED) is 0.209. The first-order valence-electron chi connectivity index (χ1n) is 9.03. The number of carbonyl (C=O) groups excluding carboxylic acids is 2. The van der Waals surface area contributed by atoms with Gasteiger partial charge < -0.3 is 5.32 Å². The molecule has 172 valence electrons. The van der Waals surface area contributed by atoms with E-state index in [0.29, 0.717) is 9.90 Å². The van der Waals surface area contributed by atoms with E-state index < -0.39 is 28.5 Å². The zero-order chi connectivity index (χ0) is 24.2. The highest BCUT2D eigenvalue weighted by Gasteiger charge is 2.33. The number of alkyl halides is 3. The number of thioether (sulfide) groups is 1. The number of para-hydroxylation sites is 1. The van der Waals surface area contributed by atoms with Crippen molar-refractivity contribution in [1.29, 1.82) is 0 Å². The summed E-state index contributed by atoms with van der Waals surface area (Å²) in [5.74, 6) is -1.55. The van der Waals surface area contributed by atoms with Crippen molar-refractivity contribution in [2.45, 2.75) is 17.4 Å². The van der Waals surface area contributed by atoms with Gasteiger partial charge in [-0.25, -0.2) is 0 Å². The van der Waals surface area contributed by atoms with Crippen LogP contribution in [0.15, 0.2) is 46.8 Å². The molecule has 3 aromatic rings. The fourth-order valence-electron chi connectivity index (χ4n) is 2.59. The van der Waals surface area contributed by atoms with Crippen LogP contribution in [0.3, 0.4) is 0 Å². The highest BCUT2D eigenvalue weighted by atomic mass is 32.2. The molecule has 2 amide bonds. The number of aryl methyl sites for hydroxylation is 1. The summed E-state index contributed by atoms with van der Waals surface area (Å²) in [5, 5.41) is 23.4. The summed E-state index contributed by atoms with van der Waals surface area (Å²) in [6.07, 6.45) is -4.61. The minimum absolute atomic E-state index is 0.0550. The van der Waals surface area contributed by atoms with E-state index in [1.807, 2.05) is 0 Å². The molecule has 0 aliphatic carbocycles. The number of nitro benzene ring substituents is 1. The van der Waals surface area contributed by atoms with E-state index in [2.05, 4.69) is 20.8 Å². The Balaban J connectivity index is 1.58. The third kappa shape index (κ3) is 6.26. The maximum Gasteiger partial charge on any atom is 0.418 e. The Bertz CT molecular complexity index is 1220. The van der Waals surface area contributed by atoms with E-state index in [1.165, 1.54) is 24.3 Å². The third-order valence-corrected chi connectivity index (χ3v) is 6.10. The zero-order valence-corrected chi connectivity index (χ0v) is 18.3. The molecule has 2 N–H and O–H groups in total. The molecule has 0 spiro atoms. The molecule has 1 aromatic heterocycles. The van der Waals surface area contributed by atoms with Crippen LogP contribution >= 0.6 is 23.1 Å². The lowest BCUT2D eigenvalue weighted by Crippen LogP contribution is -2.18. The number of benzene rings is 2. The molecule has 0 radical (unpaired) electrons. The van der Waals surface area contributed by atoms with Crippen LogP contribution in [0.4, 0.5) is 29.7 Å². The summed E-state index contributed by atoms with van der Waals surface area (Å²) in [7, 11) is 0. The first kappa shape index (κ1) is 24.1. The van der Waals surface area contributed by atoms with Crippen LogP contribution < -0.4 is 10.6 Å². The maximum atomic E-state index is 13.0. The average Bonchev–Trinajstić information content (AvgIpc) is 3.19. The molecule has 0 saturated carbocycles. The number of hydrogen-bond acceptors (Lipinski definition) is 8. The van der Waals surface area contributed by atoms with Gasteiger partial charge in [-0.1, -0.05) is 41.3 Å². The van der Waals surface area contributed by atoms with Crippen LogP contribution in [0.5, 0.6) is 0 Å². The highest BCUT2D eigenvalue weighted by molar-refractivity contribution is 8.01. The van der Waals surface area contributed by atoms with Gasteiger partial charge in [-0.15, -0.1) is 10.2 Å². The van der Waals surface area contributed by atoms with Crippen LogP contribution in [-0.2, 0) is 11.0 Å². The number of halogens is 3. The number of carbonyl (C=O) groups is 2. The fourth-order valence-corrected chi connectivity index (χ4v) is 4.14. The lowest BCUT2D eigenvalue weighted by atomic mass is 10.1. The van der Waals surface area contributed by atoms with Gasteiger partial charge in [-0.2, -0.15) is 13.2 Å². The zero-order valence-electron chi connectivity index (χ0n) is 16.7. The molecule has 0 unspecified atom stereocenters. The summed E-state index contributed by atoms with van der Waals surface area (Å²) >= 11 is 1.86. The van der Waals surface area contributed by atoms with E-state index in [9.17, 15) is 32.9 Å². The summed E-state index contributed by atoms with van der Waals surface area (Å²) in [5.41, 5.74) is -1.05. The van der Waals surface area contributed by atoms with Crippen molar-refractivity contribution in [3.05, 3.63) is 69.3 Å². The number of nitrogens with zero attached hydrogens (tertiary/aromatic N) is 3. The molecule has 3 rings (SSSR count). The SMILES string of the molecule is Cc1ccc(C(=O)Nc2nnc(SCC(=O)Nc3ccccc3C(F)(F)F)s2)cc1[N+](=O)[O-]. The molecular weight excluding hydrogens is 483 g/mol. The number of hydrogen-bond donors (Lipinski definition) is 2. The van der Waals surface area contributed by atoms with Gasteiger partial charge in [0.15, 0.2) is 4.34 Å². The van der Waals surface area contributed by atoms with Crippen molar-refractivity contribution in [2.24, 2.45) is 0 Å². The van der Waals surface area contributed by atoms with Crippen molar-refractivity contribution in [2.75, 3.05) is 16.4 Å². The second-order valence-corrected chi connectivity index (χ2v) is 8.67. The molecule has 0 fully saturated rings. The van der Waals surface area contributed by atoms with Gasteiger partial charge in [0.2, 0.25) is 11.0 Å². The number of nitro groups is 1. The average molecular weight is 497 g/mol. The minimum atomic E-state index is -4.61. The molecule has 0 aliphatic rings. The van der Waals surface area contributed by atoms with Gasteiger partial charge in [-0.05, 0) is 25.1 Å². The fraction of sp³-hybridized carbons (Fsp3) is 0.158. The Labute approximate surface area is 192 Å². The van der Waals surface area contributed by atoms with Crippen LogP contribution in [0.1, 0.15) is 21.5 Å². The Hall–Kier alpha value is -3.52. The smallest absolute Gasteiger partial charge is 0.325 e. The van der Waals surface area contributed by atoms with Gasteiger partial charge >= 0.3 is 6.18 Å². The van der Waals surface area contributed by atoms with Gasteiger partial charge in [0.1, 0.15) is 0 Å². The second-order valence-electron chi connectivity index (χ2n) is 6.47. The lowest BCUT2D eigenvalue weighted by molar-refractivity contribution is -0.385. The molecular formula is C19H14F3N5O4S2. The Kier molecular flexibility index (Phi) is 7.28. The number of aromatic nitrogens is 2.